The van der Waals surface area contributed by atoms with Crippen molar-refractivity contribution in [1.82, 2.24) is 4.98 Å². The fraction of sp³-hybridized carbons (Fsp3) is 0.267. The summed E-state index contributed by atoms with van der Waals surface area (Å²) in [6.07, 6.45) is 1.68. The number of halogens is 1. The van der Waals surface area contributed by atoms with Gasteiger partial charge in [0.15, 0.2) is 0 Å². The van der Waals surface area contributed by atoms with Crippen molar-refractivity contribution in [1.29, 1.82) is 0 Å². The SMILES string of the molecule is CCOc1ccc(NC(C)c2ccccc2F)cn1. The summed E-state index contributed by atoms with van der Waals surface area (Å²) in [5, 5.41) is 3.21. The molecule has 0 aliphatic heterocycles. The summed E-state index contributed by atoms with van der Waals surface area (Å²) < 4.78 is 18.9. The average molecular weight is 260 g/mol. The van der Waals surface area contributed by atoms with Crippen LogP contribution in [0.4, 0.5) is 10.1 Å². The number of hydrogen-bond donors (Lipinski definition) is 1. The van der Waals surface area contributed by atoms with Gasteiger partial charge < -0.3 is 10.1 Å². The molecule has 2 aromatic rings. The van der Waals surface area contributed by atoms with E-state index in [9.17, 15) is 4.39 Å². The van der Waals surface area contributed by atoms with Gasteiger partial charge in [0.25, 0.3) is 0 Å². The normalized spacial score (nSPS) is 11.9. The number of pyridine rings is 1. The Labute approximate surface area is 112 Å². The van der Waals surface area contributed by atoms with Gasteiger partial charge in [0, 0.05) is 11.6 Å². The molecule has 0 fully saturated rings. The third-order valence-electron chi connectivity index (χ3n) is 2.78. The first-order valence-electron chi connectivity index (χ1n) is 6.30. The van der Waals surface area contributed by atoms with Crippen molar-refractivity contribution in [2.24, 2.45) is 0 Å². The number of hydrogen-bond acceptors (Lipinski definition) is 3. The van der Waals surface area contributed by atoms with Gasteiger partial charge in [-0.2, -0.15) is 0 Å². The number of benzene rings is 1. The first-order valence-corrected chi connectivity index (χ1v) is 6.30. The maximum Gasteiger partial charge on any atom is 0.213 e. The maximum atomic E-state index is 13.6. The van der Waals surface area contributed by atoms with Crippen LogP contribution in [-0.2, 0) is 0 Å². The van der Waals surface area contributed by atoms with Crippen LogP contribution in [0.1, 0.15) is 25.5 Å². The minimum absolute atomic E-state index is 0.124. The first kappa shape index (κ1) is 13.3. The summed E-state index contributed by atoms with van der Waals surface area (Å²) in [6, 6.07) is 10.3. The Kier molecular flexibility index (Phi) is 4.34. The Hall–Kier alpha value is -2.10. The molecule has 2 rings (SSSR count). The molecular formula is C15H17FN2O. The quantitative estimate of drug-likeness (QED) is 0.888. The second-order valence-corrected chi connectivity index (χ2v) is 4.21. The predicted molar refractivity (Wildman–Crippen MR) is 73.8 cm³/mol. The Morgan fingerprint density at radius 2 is 2.05 bits per heavy atom. The molecule has 1 N–H and O–H groups in total. The van der Waals surface area contributed by atoms with Gasteiger partial charge in [0.1, 0.15) is 5.82 Å². The van der Waals surface area contributed by atoms with E-state index in [0.29, 0.717) is 18.1 Å². The summed E-state index contributed by atoms with van der Waals surface area (Å²) in [5.74, 6) is 0.382. The molecule has 3 nitrogen and oxygen atoms in total. The molecule has 1 aromatic carbocycles. The molecule has 0 saturated heterocycles. The van der Waals surface area contributed by atoms with Crippen LogP contribution in [0.5, 0.6) is 5.88 Å². The van der Waals surface area contributed by atoms with E-state index < -0.39 is 0 Å². The minimum atomic E-state index is -0.207. The molecular weight excluding hydrogens is 243 g/mol. The zero-order valence-electron chi connectivity index (χ0n) is 11.1. The summed E-state index contributed by atoms with van der Waals surface area (Å²) in [6.45, 7) is 4.41. The van der Waals surface area contributed by atoms with Crippen LogP contribution in [0, 0.1) is 5.82 Å². The number of anilines is 1. The molecule has 1 heterocycles. The molecule has 0 spiro atoms. The monoisotopic (exact) mass is 260 g/mol. The maximum absolute atomic E-state index is 13.6. The predicted octanol–water partition coefficient (Wildman–Crippen LogP) is 3.79. The largest absolute Gasteiger partial charge is 0.478 e. The van der Waals surface area contributed by atoms with Crippen LogP contribution >= 0.6 is 0 Å². The second-order valence-electron chi connectivity index (χ2n) is 4.21. The molecule has 0 bridgehead atoms. The van der Waals surface area contributed by atoms with E-state index in [1.165, 1.54) is 6.07 Å². The van der Waals surface area contributed by atoms with E-state index >= 15 is 0 Å². The fourth-order valence-electron chi connectivity index (χ4n) is 1.85. The second kappa shape index (κ2) is 6.18. The lowest BCUT2D eigenvalue weighted by Crippen LogP contribution is -2.08. The molecule has 100 valence electrons. The summed E-state index contributed by atoms with van der Waals surface area (Å²) in [7, 11) is 0. The zero-order valence-corrected chi connectivity index (χ0v) is 11.1. The number of nitrogens with one attached hydrogen (secondary N) is 1. The molecule has 0 radical (unpaired) electrons. The van der Waals surface area contributed by atoms with Gasteiger partial charge in [0.2, 0.25) is 5.88 Å². The number of rotatable bonds is 5. The zero-order chi connectivity index (χ0) is 13.7. The van der Waals surface area contributed by atoms with E-state index in [0.717, 1.165) is 5.69 Å². The third kappa shape index (κ3) is 3.44. The van der Waals surface area contributed by atoms with Gasteiger partial charge >= 0.3 is 0 Å². The van der Waals surface area contributed by atoms with Gasteiger partial charge in [-0.1, -0.05) is 18.2 Å². The number of nitrogens with zero attached hydrogens (tertiary/aromatic N) is 1. The first-order chi connectivity index (χ1) is 9.20. The summed E-state index contributed by atoms with van der Waals surface area (Å²) >= 11 is 0. The highest BCUT2D eigenvalue weighted by Gasteiger charge is 2.10. The fourth-order valence-corrected chi connectivity index (χ4v) is 1.85. The Balaban J connectivity index is 2.06. The molecule has 0 saturated carbocycles. The molecule has 1 unspecified atom stereocenters. The minimum Gasteiger partial charge on any atom is -0.478 e. The van der Waals surface area contributed by atoms with E-state index in [2.05, 4.69) is 10.3 Å². The lowest BCUT2D eigenvalue weighted by molar-refractivity contribution is 0.327. The van der Waals surface area contributed by atoms with E-state index in [1.807, 2.05) is 26.0 Å². The molecule has 0 amide bonds. The lowest BCUT2D eigenvalue weighted by atomic mass is 10.1. The summed E-state index contributed by atoms with van der Waals surface area (Å²) in [4.78, 5) is 4.16. The average Bonchev–Trinajstić information content (AvgIpc) is 2.42. The van der Waals surface area contributed by atoms with Crippen molar-refractivity contribution in [3.05, 3.63) is 54.0 Å². The molecule has 1 atom stereocenters. The molecule has 19 heavy (non-hydrogen) atoms. The van der Waals surface area contributed by atoms with Crippen LogP contribution in [0.15, 0.2) is 42.6 Å². The Morgan fingerprint density at radius 3 is 2.68 bits per heavy atom. The number of aromatic nitrogens is 1. The van der Waals surface area contributed by atoms with Crippen LogP contribution in [-0.4, -0.2) is 11.6 Å². The number of ether oxygens (including phenoxy) is 1. The van der Waals surface area contributed by atoms with Crippen LogP contribution in [0.3, 0.4) is 0 Å². The topological polar surface area (TPSA) is 34.1 Å². The van der Waals surface area contributed by atoms with Gasteiger partial charge in [-0.3, -0.25) is 0 Å². The molecule has 1 aromatic heterocycles. The smallest absolute Gasteiger partial charge is 0.213 e. The van der Waals surface area contributed by atoms with E-state index in [1.54, 1.807) is 24.4 Å². The highest BCUT2D eigenvalue weighted by molar-refractivity contribution is 5.44. The molecule has 0 aliphatic rings. The van der Waals surface area contributed by atoms with Gasteiger partial charge in [-0.25, -0.2) is 9.37 Å². The highest BCUT2D eigenvalue weighted by atomic mass is 19.1. The molecule has 0 aliphatic carbocycles. The summed E-state index contributed by atoms with van der Waals surface area (Å²) in [5.41, 5.74) is 1.47. The standard InChI is InChI=1S/C15H17FN2O/c1-3-19-15-9-8-12(10-17-15)18-11(2)13-6-4-5-7-14(13)16/h4-11,18H,3H2,1-2H3. The van der Waals surface area contributed by atoms with Crippen molar-refractivity contribution in [3.63, 3.8) is 0 Å². The Morgan fingerprint density at radius 1 is 1.26 bits per heavy atom. The van der Waals surface area contributed by atoms with Crippen LogP contribution < -0.4 is 10.1 Å². The third-order valence-corrected chi connectivity index (χ3v) is 2.78. The van der Waals surface area contributed by atoms with Crippen molar-refractivity contribution in [3.8, 4) is 5.88 Å². The van der Waals surface area contributed by atoms with Gasteiger partial charge in [0.05, 0.1) is 24.5 Å². The van der Waals surface area contributed by atoms with Crippen molar-refractivity contribution in [2.75, 3.05) is 11.9 Å². The van der Waals surface area contributed by atoms with Gasteiger partial charge in [-0.15, -0.1) is 0 Å². The highest BCUT2D eigenvalue weighted by Crippen LogP contribution is 2.21. The molecule has 4 heteroatoms. The van der Waals surface area contributed by atoms with E-state index in [-0.39, 0.29) is 11.9 Å². The Bertz CT molecular complexity index is 528. The lowest BCUT2D eigenvalue weighted by Gasteiger charge is -2.16. The van der Waals surface area contributed by atoms with Crippen LogP contribution in [0.25, 0.3) is 0 Å². The van der Waals surface area contributed by atoms with Crippen molar-refractivity contribution >= 4 is 5.69 Å². The van der Waals surface area contributed by atoms with Crippen LogP contribution in [0.2, 0.25) is 0 Å². The van der Waals surface area contributed by atoms with Crippen molar-refractivity contribution < 1.29 is 9.13 Å². The van der Waals surface area contributed by atoms with Crippen molar-refractivity contribution in [2.45, 2.75) is 19.9 Å². The van der Waals surface area contributed by atoms with Gasteiger partial charge in [-0.05, 0) is 26.0 Å². The van der Waals surface area contributed by atoms with E-state index in [4.69, 9.17) is 4.74 Å².